The molecule has 9 aromatic carbocycles. The summed E-state index contributed by atoms with van der Waals surface area (Å²) < 4.78 is 23.8. The molecule has 0 N–H and O–H groups in total. The molecule has 0 radical (unpaired) electrons. The summed E-state index contributed by atoms with van der Waals surface area (Å²) in [6.07, 6.45) is 0. The second-order valence-electron chi connectivity index (χ2n) is 14.7. The molecular weight excluding hydrogens is 712 g/mol. The monoisotopic (exact) mass is 746 g/mol. The van der Waals surface area contributed by atoms with Crippen LogP contribution in [0.25, 0.3) is 82.8 Å². The molecule has 4 heteroatoms. The molecule has 0 aliphatic rings. The molecule has 0 unspecified atom stereocenters. The molecule has 11 rings (SSSR count). The standard InChI is InChI=1S/C54H35FN2O/c55-50-20-10-18-48-46-15-4-6-21-51(46)57(53(48)50)43-31-25-38(26-32-43)40-13-8-14-44(35-40)56(41-29-23-37(24-30-41)36-11-2-1-3-12-36)42-33-27-39(28-34-42)45-17-9-19-49-47-16-5-7-22-52(47)58-54(45)49/h1-35H. The molecule has 11 aromatic rings. The molecule has 0 aliphatic carbocycles. The van der Waals surface area contributed by atoms with Gasteiger partial charge in [-0.2, -0.15) is 0 Å². The van der Waals surface area contributed by atoms with Crippen molar-refractivity contribution in [3.8, 4) is 39.1 Å². The van der Waals surface area contributed by atoms with Gasteiger partial charge in [0.05, 0.1) is 11.0 Å². The average molecular weight is 747 g/mol. The molecule has 0 amide bonds. The third kappa shape index (κ3) is 5.65. The van der Waals surface area contributed by atoms with Gasteiger partial charge in [0.15, 0.2) is 0 Å². The van der Waals surface area contributed by atoms with Gasteiger partial charge in [0.25, 0.3) is 0 Å². The molecule has 58 heavy (non-hydrogen) atoms. The quantitative estimate of drug-likeness (QED) is 0.162. The Morgan fingerprint density at radius 1 is 0.397 bits per heavy atom. The maximum atomic E-state index is 15.4. The van der Waals surface area contributed by atoms with E-state index in [0.717, 1.165) is 88.8 Å². The zero-order valence-corrected chi connectivity index (χ0v) is 31.4. The Morgan fingerprint density at radius 3 is 1.76 bits per heavy atom. The van der Waals surface area contributed by atoms with Crippen LogP contribution in [0, 0.1) is 5.82 Å². The minimum Gasteiger partial charge on any atom is -0.455 e. The van der Waals surface area contributed by atoms with E-state index in [-0.39, 0.29) is 5.82 Å². The van der Waals surface area contributed by atoms with Gasteiger partial charge in [0, 0.05) is 49.9 Å². The first kappa shape index (κ1) is 33.6. The van der Waals surface area contributed by atoms with Gasteiger partial charge in [-0.05, 0) is 94.5 Å². The zero-order chi connectivity index (χ0) is 38.6. The Kier molecular flexibility index (Phi) is 8.00. The zero-order valence-electron chi connectivity index (χ0n) is 31.4. The first-order chi connectivity index (χ1) is 28.7. The lowest BCUT2D eigenvalue weighted by atomic mass is 10.0. The highest BCUT2D eigenvalue weighted by Gasteiger charge is 2.18. The lowest BCUT2D eigenvalue weighted by Gasteiger charge is -2.26. The Bertz CT molecular complexity index is 3270. The number of anilines is 3. The van der Waals surface area contributed by atoms with E-state index in [1.54, 1.807) is 6.07 Å². The smallest absolute Gasteiger partial charge is 0.147 e. The minimum absolute atomic E-state index is 0.234. The first-order valence-electron chi connectivity index (χ1n) is 19.5. The van der Waals surface area contributed by atoms with Gasteiger partial charge in [0.1, 0.15) is 17.0 Å². The Hall–Kier alpha value is -7.69. The number of hydrogen-bond acceptors (Lipinski definition) is 2. The molecule has 2 heterocycles. The number of hydrogen-bond donors (Lipinski definition) is 0. The molecule has 0 bridgehead atoms. The van der Waals surface area contributed by atoms with Crippen molar-refractivity contribution < 1.29 is 8.81 Å². The van der Waals surface area contributed by atoms with Crippen LogP contribution in [-0.2, 0) is 0 Å². The summed E-state index contributed by atoms with van der Waals surface area (Å²) in [4.78, 5) is 2.30. The van der Waals surface area contributed by atoms with E-state index in [1.807, 2.05) is 41.0 Å². The van der Waals surface area contributed by atoms with E-state index >= 15 is 4.39 Å². The molecule has 0 spiro atoms. The number of para-hydroxylation sites is 4. The lowest BCUT2D eigenvalue weighted by Crippen LogP contribution is -2.10. The van der Waals surface area contributed by atoms with Crippen molar-refractivity contribution in [2.24, 2.45) is 0 Å². The van der Waals surface area contributed by atoms with Crippen LogP contribution in [0.1, 0.15) is 0 Å². The maximum absolute atomic E-state index is 15.4. The second kappa shape index (κ2) is 13.8. The summed E-state index contributed by atoms with van der Waals surface area (Å²) in [6, 6.07) is 73.1. The topological polar surface area (TPSA) is 21.3 Å². The van der Waals surface area contributed by atoms with Crippen LogP contribution in [0.15, 0.2) is 217 Å². The number of furan rings is 1. The molecular formula is C54H35FN2O. The van der Waals surface area contributed by atoms with Crippen molar-refractivity contribution in [3.05, 3.63) is 218 Å². The van der Waals surface area contributed by atoms with Gasteiger partial charge in [-0.25, -0.2) is 4.39 Å². The summed E-state index contributed by atoms with van der Waals surface area (Å²) >= 11 is 0. The van der Waals surface area contributed by atoms with Crippen LogP contribution in [0.3, 0.4) is 0 Å². The molecule has 0 saturated carbocycles. The average Bonchev–Trinajstić information content (AvgIpc) is 3.85. The van der Waals surface area contributed by atoms with Crippen LogP contribution in [0.4, 0.5) is 21.5 Å². The SMILES string of the molecule is Fc1cccc2c3ccccc3n(-c3ccc(-c4cccc(N(c5ccc(-c6ccccc6)cc5)c5ccc(-c6cccc7c6oc6ccccc67)cc5)c4)cc3)c12. The summed E-state index contributed by atoms with van der Waals surface area (Å²) in [5.41, 5.74) is 14.0. The van der Waals surface area contributed by atoms with Crippen molar-refractivity contribution in [2.45, 2.75) is 0 Å². The number of rotatable bonds is 7. The normalized spacial score (nSPS) is 11.5. The van der Waals surface area contributed by atoms with E-state index in [2.05, 4.69) is 169 Å². The molecule has 0 atom stereocenters. The van der Waals surface area contributed by atoms with Crippen LogP contribution in [0.5, 0.6) is 0 Å². The van der Waals surface area contributed by atoms with Crippen LogP contribution >= 0.6 is 0 Å². The van der Waals surface area contributed by atoms with Crippen molar-refractivity contribution >= 4 is 60.8 Å². The van der Waals surface area contributed by atoms with E-state index in [0.29, 0.717) is 5.52 Å². The maximum Gasteiger partial charge on any atom is 0.147 e. The van der Waals surface area contributed by atoms with Crippen LogP contribution in [-0.4, -0.2) is 4.57 Å². The summed E-state index contributed by atoms with van der Waals surface area (Å²) in [5.74, 6) is -0.234. The van der Waals surface area contributed by atoms with Crippen molar-refractivity contribution in [1.29, 1.82) is 0 Å². The number of halogens is 1. The van der Waals surface area contributed by atoms with Gasteiger partial charge in [-0.15, -0.1) is 0 Å². The number of nitrogens with zero attached hydrogens (tertiary/aromatic N) is 2. The Balaban J connectivity index is 0.985. The van der Waals surface area contributed by atoms with Gasteiger partial charge < -0.3 is 13.9 Å². The van der Waals surface area contributed by atoms with E-state index in [4.69, 9.17) is 4.42 Å². The summed E-state index contributed by atoms with van der Waals surface area (Å²) in [5, 5.41) is 4.18. The Morgan fingerprint density at radius 2 is 0.966 bits per heavy atom. The number of aromatic nitrogens is 1. The largest absolute Gasteiger partial charge is 0.455 e. The molecule has 2 aromatic heterocycles. The fourth-order valence-corrected chi connectivity index (χ4v) is 8.52. The summed E-state index contributed by atoms with van der Waals surface area (Å²) in [6.45, 7) is 0. The molecule has 274 valence electrons. The third-order valence-electron chi connectivity index (χ3n) is 11.3. The first-order valence-corrected chi connectivity index (χ1v) is 19.5. The second-order valence-corrected chi connectivity index (χ2v) is 14.7. The van der Waals surface area contributed by atoms with Crippen molar-refractivity contribution in [1.82, 2.24) is 4.57 Å². The Labute approximate surface area is 335 Å². The van der Waals surface area contributed by atoms with Gasteiger partial charge in [-0.3, -0.25) is 0 Å². The van der Waals surface area contributed by atoms with Crippen LogP contribution in [0.2, 0.25) is 0 Å². The fraction of sp³-hybridized carbons (Fsp3) is 0. The van der Waals surface area contributed by atoms with E-state index < -0.39 is 0 Å². The van der Waals surface area contributed by atoms with E-state index in [9.17, 15) is 0 Å². The summed E-state index contributed by atoms with van der Waals surface area (Å²) in [7, 11) is 0. The lowest BCUT2D eigenvalue weighted by molar-refractivity contribution is 0.635. The fourth-order valence-electron chi connectivity index (χ4n) is 8.52. The van der Waals surface area contributed by atoms with Crippen molar-refractivity contribution in [2.75, 3.05) is 4.90 Å². The molecule has 0 saturated heterocycles. The van der Waals surface area contributed by atoms with Gasteiger partial charge in [0.2, 0.25) is 0 Å². The molecule has 0 fully saturated rings. The van der Waals surface area contributed by atoms with Gasteiger partial charge in [-0.1, -0.05) is 146 Å². The highest BCUT2D eigenvalue weighted by Crippen LogP contribution is 2.41. The third-order valence-corrected chi connectivity index (χ3v) is 11.3. The molecule has 0 aliphatic heterocycles. The van der Waals surface area contributed by atoms with Crippen molar-refractivity contribution in [3.63, 3.8) is 0 Å². The highest BCUT2D eigenvalue weighted by molar-refractivity contribution is 6.10. The highest BCUT2D eigenvalue weighted by atomic mass is 19.1. The predicted octanol–water partition coefficient (Wildman–Crippen LogP) is 15.3. The molecule has 3 nitrogen and oxygen atoms in total. The predicted molar refractivity (Wildman–Crippen MR) is 239 cm³/mol. The van der Waals surface area contributed by atoms with Crippen LogP contribution < -0.4 is 4.90 Å². The minimum atomic E-state index is -0.234. The van der Waals surface area contributed by atoms with Gasteiger partial charge >= 0.3 is 0 Å². The van der Waals surface area contributed by atoms with E-state index in [1.165, 1.54) is 11.6 Å². The number of benzene rings is 9. The number of fused-ring (bicyclic) bond motifs is 6.